The summed E-state index contributed by atoms with van der Waals surface area (Å²) in [5.41, 5.74) is -0.0688. The molecule has 4 nitrogen and oxygen atoms in total. The normalized spacial score (nSPS) is 43.2. The van der Waals surface area contributed by atoms with Crippen LogP contribution in [0.15, 0.2) is 11.1 Å². The van der Waals surface area contributed by atoms with Gasteiger partial charge in [-0.25, -0.2) is 4.79 Å². The Balaban J connectivity index is 2.12. The third kappa shape index (κ3) is 2.01. The third-order valence-electron chi connectivity index (χ3n) is 7.73. The Morgan fingerprint density at radius 1 is 1.08 bits per heavy atom. The van der Waals surface area contributed by atoms with E-state index in [9.17, 15) is 19.5 Å². The summed E-state index contributed by atoms with van der Waals surface area (Å²) >= 11 is 0. The Morgan fingerprint density at radius 3 is 2.29 bits per heavy atom. The van der Waals surface area contributed by atoms with Gasteiger partial charge in [-0.3, -0.25) is 9.59 Å². The molecule has 3 fully saturated rings. The summed E-state index contributed by atoms with van der Waals surface area (Å²) in [5, 5.41) is 9.42. The highest BCUT2D eigenvalue weighted by Gasteiger charge is 2.64. The van der Waals surface area contributed by atoms with Gasteiger partial charge in [-0.2, -0.15) is 0 Å². The largest absolute Gasteiger partial charge is 0.478 e. The van der Waals surface area contributed by atoms with Gasteiger partial charge in [0.2, 0.25) is 0 Å². The topological polar surface area (TPSA) is 71.4 Å². The molecule has 0 radical (unpaired) electrons. The van der Waals surface area contributed by atoms with Crippen molar-refractivity contribution in [1.82, 2.24) is 0 Å². The lowest BCUT2D eigenvalue weighted by atomic mass is 9.43. The van der Waals surface area contributed by atoms with Crippen molar-refractivity contribution < 1.29 is 19.5 Å². The Labute approximate surface area is 143 Å². The second-order valence-electron chi connectivity index (χ2n) is 9.14. The van der Waals surface area contributed by atoms with Gasteiger partial charge in [0.25, 0.3) is 0 Å². The number of ketones is 2. The molecular weight excluding hydrogens is 304 g/mol. The van der Waals surface area contributed by atoms with E-state index in [-0.39, 0.29) is 39.4 Å². The highest BCUT2D eigenvalue weighted by molar-refractivity contribution is 6.06. The molecule has 0 aromatic carbocycles. The molecule has 3 rings (SSSR count). The van der Waals surface area contributed by atoms with E-state index in [1.807, 2.05) is 0 Å². The minimum Gasteiger partial charge on any atom is -0.478 e. The van der Waals surface area contributed by atoms with Gasteiger partial charge >= 0.3 is 5.97 Å². The zero-order valence-electron chi connectivity index (χ0n) is 15.4. The summed E-state index contributed by atoms with van der Waals surface area (Å²) in [6, 6.07) is 0. The second kappa shape index (κ2) is 5.03. The molecule has 0 bridgehead atoms. The summed E-state index contributed by atoms with van der Waals surface area (Å²) in [5.74, 6) is -0.268. The molecule has 0 unspecified atom stereocenters. The molecule has 4 heteroatoms. The van der Waals surface area contributed by atoms with Crippen molar-refractivity contribution in [3.63, 3.8) is 0 Å². The van der Waals surface area contributed by atoms with Crippen LogP contribution in [0.1, 0.15) is 66.7 Å². The number of carbonyl (C=O) groups excluding carboxylic acids is 2. The van der Waals surface area contributed by atoms with Crippen molar-refractivity contribution in [3.05, 3.63) is 11.1 Å². The number of hydrogen-bond donors (Lipinski definition) is 1. The molecule has 0 amide bonds. The fourth-order valence-corrected chi connectivity index (χ4v) is 6.46. The minimum absolute atomic E-state index is 0.000943. The zero-order chi connectivity index (χ0) is 18.1. The minimum atomic E-state index is -0.994. The van der Waals surface area contributed by atoms with Gasteiger partial charge in [-0.05, 0) is 43.4 Å². The van der Waals surface area contributed by atoms with Crippen molar-refractivity contribution >= 4 is 17.5 Å². The fraction of sp³-hybridized carbons (Fsp3) is 0.750. The van der Waals surface area contributed by atoms with Crippen molar-refractivity contribution in [2.24, 2.45) is 28.1 Å². The van der Waals surface area contributed by atoms with E-state index >= 15 is 0 Å². The Hall–Kier alpha value is -1.45. The van der Waals surface area contributed by atoms with Crippen LogP contribution in [0.5, 0.6) is 0 Å². The number of hydrogen-bond acceptors (Lipinski definition) is 3. The number of fused-ring (bicyclic) bond motifs is 3. The first kappa shape index (κ1) is 17.4. The van der Waals surface area contributed by atoms with E-state index in [1.165, 1.54) is 0 Å². The van der Waals surface area contributed by atoms with E-state index in [2.05, 4.69) is 27.7 Å². The summed E-state index contributed by atoms with van der Waals surface area (Å²) < 4.78 is 0. The molecule has 24 heavy (non-hydrogen) atoms. The third-order valence-corrected chi connectivity index (χ3v) is 7.73. The number of aliphatic carboxylic acids is 1. The number of carboxylic acid groups (broad SMARTS) is 1. The fourth-order valence-electron chi connectivity index (χ4n) is 6.46. The van der Waals surface area contributed by atoms with E-state index in [0.717, 1.165) is 19.3 Å². The molecule has 0 saturated heterocycles. The van der Waals surface area contributed by atoms with Crippen molar-refractivity contribution in [2.45, 2.75) is 66.7 Å². The quantitative estimate of drug-likeness (QED) is 0.742. The molecule has 0 aromatic rings. The molecule has 0 aliphatic heterocycles. The summed E-state index contributed by atoms with van der Waals surface area (Å²) in [4.78, 5) is 36.7. The zero-order valence-corrected chi connectivity index (χ0v) is 15.4. The average Bonchev–Trinajstić information content (AvgIpc) is 2.75. The molecule has 0 aromatic heterocycles. The lowest BCUT2D eigenvalue weighted by Crippen LogP contribution is -2.56. The van der Waals surface area contributed by atoms with Crippen LogP contribution in [0, 0.1) is 28.1 Å². The lowest BCUT2D eigenvalue weighted by Gasteiger charge is -2.60. The molecular formula is C20H28O4. The highest BCUT2D eigenvalue weighted by atomic mass is 16.4. The predicted octanol–water partition coefficient (Wildman–Crippen LogP) is 3.79. The van der Waals surface area contributed by atoms with Gasteiger partial charge in [0.05, 0.1) is 0 Å². The van der Waals surface area contributed by atoms with Crippen LogP contribution in [-0.4, -0.2) is 22.6 Å². The summed E-state index contributed by atoms with van der Waals surface area (Å²) in [7, 11) is 0. The summed E-state index contributed by atoms with van der Waals surface area (Å²) in [6.07, 6.45) is 3.48. The standard InChI is InChI=1S/C20H28O4/c1-11(17(23)24)16-12(21)10-14-19(4)9-7-15(22)18(2,3)13(19)6-8-20(14,16)5/h13-14H,6-10H2,1-5H3,(H,23,24)/b16-11-/t13-,14-,19-,20-/m0/s1. The Kier molecular flexibility index (Phi) is 3.64. The van der Waals surface area contributed by atoms with Crippen molar-refractivity contribution in [1.29, 1.82) is 0 Å². The SMILES string of the molecule is C/C(C(=O)O)=C1\C(=O)C[C@H]2[C@@]3(C)CCC(=O)C(C)(C)[C@@H]3CC[C@]12C. The van der Waals surface area contributed by atoms with Crippen LogP contribution in [0.2, 0.25) is 0 Å². The van der Waals surface area contributed by atoms with Crippen LogP contribution in [0.3, 0.4) is 0 Å². The Bertz CT molecular complexity index is 671. The molecule has 0 heterocycles. The van der Waals surface area contributed by atoms with Crippen LogP contribution >= 0.6 is 0 Å². The molecule has 3 aliphatic rings. The van der Waals surface area contributed by atoms with Gasteiger partial charge in [0, 0.05) is 34.8 Å². The number of allylic oxidation sites excluding steroid dienone is 1. The van der Waals surface area contributed by atoms with Gasteiger partial charge in [-0.1, -0.05) is 27.7 Å². The maximum atomic E-state index is 12.7. The van der Waals surface area contributed by atoms with E-state index < -0.39 is 5.97 Å². The van der Waals surface area contributed by atoms with E-state index in [4.69, 9.17) is 0 Å². The van der Waals surface area contributed by atoms with Gasteiger partial charge in [0.15, 0.2) is 5.78 Å². The predicted molar refractivity (Wildman–Crippen MR) is 90.4 cm³/mol. The monoisotopic (exact) mass is 332 g/mol. The molecule has 0 spiro atoms. The summed E-state index contributed by atoms with van der Waals surface area (Å²) in [6.45, 7) is 9.98. The van der Waals surface area contributed by atoms with E-state index in [0.29, 0.717) is 24.2 Å². The molecule has 3 aliphatic carbocycles. The van der Waals surface area contributed by atoms with Crippen LogP contribution < -0.4 is 0 Å². The van der Waals surface area contributed by atoms with Crippen LogP contribution in [0.4, 0.5) is 0 Å². The van der Waals surface area contributed by atoms with Gasteiger partial charge in [-0.15, -0.1) is 0 Å². The number of carboxylic acids is 1. The lowest BCUT2D eigenvalue weighted by molar-refractivity contribution is -0.154. The highest BCUT2D eigenvalue weighted by Crippen LogP contribution is 2.68. The van der Waals surface area contributed by atoms with Crippen molar-refractivity contribution in [2.75, 3.05) is 0 Å². The molecule has 3 saturated carbocycles. The molecule has 132 valence electrons. The average molecular weight is 332 g/mol. The molecule has 4 atom stereocenters. The maximum Gasteiger partial charge on any atom is 0.331 e. The van der Waals surface area contributed by atoms with Crippen LogP contribution in [0.25, 0.3) is 0 Å². The maximum absolute atomic E-state index is 12.7. The number of rotatable bonds is 1. The molecule has 1 N–H and O–H groups in total. The Morgan fingerprint density at radius 2 is 1.71 bits per heavy atom. The number of carbonyl (C=O) groups is 3. The smallest absolute Gasteiger partial charge is 0.331 e. The van der Waals surface area contributed by atoms with Gasteiger partial charge in [0.1, 0.15) is 5.78 Å². The van der Waals surface area contributed by atoms with Gasteiger partial charge < -0.3 is 5.11 Å². The number of Topliss-reactive ketones (excluding diaryl/α,β-unsaturated/α-hetero) is 2. The van der Waals surface area contributed by atoms with Crippen LogP contribution in [-0.2, 0) is 14.4 Å². The first-order chi connectivity index (χ1) is 11.0. The second-order valence-corrected chi connectivity index (χ2v) is 9.14. The first-order valence-corrected chi connectivity index (χ1v) is 8.97. The van der Waals surface area contributed by atoms with Crippen molar-refractivity contribution in [3.8, 4) is 0 Å². The van der Waals surface area contributed by atoms with E-state index in [1.54, 1.807) is 6.92 Å². The first-order valence-electron chi connectivity index (χ1n) is 8.97.